The van der Waals surface area contributed by atoms with Crippen LogP contribution in [0, 0.1) is 23.1 Å². The van der Waals surface area contributed by atoms with Crippen LogP contribution in [-0.4, -0.2) is 6.04 Å². The fourth-order valence-electron chi connectivity index (χ4n) is 2.28. The van der Waals surface area contributed by atoms with Crippen molar-refractivity contribution in [3.8, 4) is 6.07 Å². The monoisotopic (exact) mass is 252 g/mol. The Morgan fingerprint density at radius 2 is 2.29 bits per heavy atom. The molecule has 0 amide bonds. The Balaban J connectivity index is 1.98. The van der Waals surface area contributed by atoms with Crippen LogP contribution in [0.5, 0.6) is 0 Å². The van der Waals surface area contributed by atoms with E-state index < -0.39 is 0 Å². The first-order valence-corrected chi connectivity index (χ1v) is 6.16. The highest BCUT2D eigenvalue weighted by Gasteiger charge is 2.26. The van der Waals surface area contributed by atoms with Crippen LogP contribution in [0.4, 0.5) is 4.39 Å². The smallest absolute Gasteiger partial charge is 0.146 e. The van der Waals surface area contributed by atoms with Gasteiger partial charge in [0.25, 0.3) is 0 Å². The molecule has 0 bridgehead atoms. The van der Waals surface area contributed by atoms with Gasteiger partial charge in [0, 0.05) is 18.2 Å². The van der Waals surface area contributed by atoms with Gasteiger partial charge < -0.3 is 5.32 Å². The largest absolute Gasteiger partial charge is 0.309 e. The lowest BCUT2D eigenvalue weighted by molar-refractivity contribution is 0.457. The molecule has 4 heteroatoms. The van der Waals surface area contributed by atoms with Crippen LogP contribution in [0.1, 0.15) is 24.8 Å². The lowest BCUT2D eigenvalue weighted by Crippen LogP contribution is -2.31. The van der Waals surface area contributed by atoms with Gasteiger partial charge in [0.1, 0.15) is 5.82 Å². The van der Waals surface area contributed by atoms with Crippen LogP contribution < -0.4 is 5.32 Å². The molecule has 0 saturated heterocycles. The first-order valence-electron chi connectivity index (χ1n) is 5.78. The third-order valence-electron chi connectivity index (χ3n) is 3.27. The van der Waals surface area contributed by atoms with Gasteiger partial charge in [0.15, 0.2) is 0 Å². The van der Waals surface area contributed by atoms with E-state index in [1.807, 2.05) is 0 Å². The third-order valence-corrected chi connectivity index (χ3v) is 3.56. The Morgan fingerprint density at radius 1 is 1.47 bits per heavy atom. The first kappa shape index (κ1) is 12.3. The van der Waals surface area contributed by atoms with Gasteiger partial charge in [-0.05, 0) is 18.9 Å². The SMILES string of the molecule is N#CC1CCCC1NCc1cccc(Cl)c1F. The van der Waals surface area contributed by atoms with Crippen LogP contribution in [0.3, 0.4) is 0 Å². The Hall–Kier alpha value is -1.11. The Kier molecular flexibility index (Phi) is 3.98. The van der Waals surface area contributed by atoms with E-state index in [0.717, 1.165) is 19.3 Å². The maximum absolute atomic E-state index is 13.6. The topological polar surface area (TPSA) is 35.8 Å². The average Bonchev–Trinajstić information content (AvgIpc) is 2.78. The number of nitriles is 1. The summed E-state index contributed by atoms with van der Waals surface area (Å²) in [5.74, 6) is -0.314. The van der Waals surface area contributed by atoms with E-state index in [-0.39, 0.29) is 22.8 Å². The molecule has 0 heterocycles. The summed E-state index contributed by atoms with van der Waals surface area (Å²) in [5, 5.41) is 12.3. The van der Waals surface area contributed by atoms with E-state index in [1.165, 1.54) is 6.07 Å². The second-order valence-electron chi connectivity index (χ2n) is 4.37. The number of benzene rings is 1. The highest BCUT2D eigenvalue weighted by molar-refractivity contribution is 6.30. The molecule has 1 fully saturated rings. The summed E-state index contributed by atoms with van der Waals surface area (Å²) in [6, 6.07) is 7.46. The molecule has 0 radical (unpaired) electrons. The molecule has 1 aromatic rings. The summed E-state index contributed by atoms with van der Waals surface area (Å²) in [5.41, 5.74) is 0.557. The van der Waals surface area contributed by atoms with Gasteiger partial charge in [-0.25, -0.2) is 4.39 Å². The van der Waals surface area contributed by atoms with Crippen LogP contribution in [0.2, 0.25) is 5.02 Å². The fraction of sp³-hybridized carbons (Fsp3) is 0.462. The van der Waals surface area contributed by atoms with Crippen molar-refractivity contribution in [2.24, 2.45) is 5.92 Å². The van der Waals surface area contributed by atoms with Crippen LogP contribution in [-0.2, 0) is 6.54 Å². The van der Waals surface area contributed by atoms with Gasteiger partial charge in [-0.15, -0.1) is 0 Å². The zero-order valence-corrected chi connectivity index (χ0v) is 10.2. The van der Waals surface area contributed by atoms with E-state index in [4.69, 9.17) is 16.9 Å². The summed E-state index contributed by atoms with van der Waals surface area (Å²) in [4.78, 5) is 0. The molecule has 2 unspecified atom stereocenters. The zero-order valence-electron chi connectivity index (χ0n) is 9.42. The van der Waals surface area contributed by atoms with Gasteiger partial charge in [0.2, 0.25) is 0 Å². The van der Waals surface area contributed by atoms with Crippen molar-refractivity contribution in [1.82, 2.24) is 5.32 Å². The van der Waals surface area contributed by atoms with E-state index in [2.05, 4.69) is 11.4 Å². The second-order valence-corrected chi connectivity index (χ2v) is 4.77. The molecule has 0 spiro atoms. The lowest BCUT2D eigenvalue weighted by Gasteiger charge is -2.15. The maximum atomic E-state index is 13.6. The molecule has 2 atom stereocenters. The van der Waals surface area contributed by atoms with Gasteiger partial charge in [-0.3, -0.25) is 0 Å². The number of halogens is 2. The minimum absolute atomic E-state index is 0.0530. The quantitative estimate of drug-likeness (QED) is 0.896. The predicted octanol–water partition coefficient (Wildman–Crippen LogP) is 3.26. The molecule has 1 N–H and O–H groups in total. The molecule has 0 aromatic heterocycles. The molecule has 1 aliphatic carbocycles. The minimum Gasteiger partial charge on any atom is -0.309 e. The summed E-state index contributed by atoms with van der Waals surface area (Å²) >= 11 is 5.71. The molecule has 1 aromatic carbocycles. The van der Waals surface area contributed by atoms with E-state index in [0.29, 0.717) is 12.1 Å². The minimum atomic E-state index is -0.367. The molecular formula is C13H14ClFN2. The van der Waals surface area contributed by atoms with Crippen LogP contribution >= 0.6 is 11.6 Å². The first-order chi connectivity index (χ1) is 8.22. The number of rotatable bonds is 3. The summed E-state index contributed by atoms with van der Waals surface area (Å²) in [7, 11) is 0. The van der Waals surface area contributed by atoms with Crippen molar-refractivity contribution in [1.29, 1.82) is 5.26 Å². The summed E-state index contributed by atoms with van der Waals surface area (Å²) in [6.07, 6.45) is 2.99. The van der Waals surface area contributed by atoms with Crippen molar-refractivity contribution < 1.29 is 4.39 Å². The van der Waals surface area contributed by atoms with Gasteiger partial charge in [-0.2, -0.15) is 5.26 Å². The number of nitrogens with zero attached hydrogens (tertiary/aromatic N) is 1. The van der Waals surface area contributed by atoms with Gasteiger partial charge in [-0.1, -0.05) is 30.2 Å². The third kappa shape index (κ3) is 2.77. The standard InChI is InChI=1S/C13H14ClFN2/c14-11-5-1-4-10(13(11)15)8-17-12-6-2-3-9(12)7-16/h1,4-5,9,12,17H,2-3,6,8H2. The highest BCUT2D eigenvalue weighted by atomic mass is 35.5. The summed E-state index contributed by atoms with van der Waals surface area (Å²) in [6.45, 7) is 0.426. The lowest BCUT2D eigenvalue weighted by atomic mass is 10.1. The molecule has 1 saturated carbocycles. The molecule has 1 aliphatic rings. The molecule has 17 heavy (non-hydrogen) atoms. The van der Waals surface area contributed by atoms with E-state index in [1.54, 1.807) is 12.1 Å². The van der Waals surface area contributed by atoms with Gasteiger partial charge >= 0.3 is 0 Å². The Morgan fingerprint density at radius 3 is 3.06 bits per heavy atom. The van der Waals surface area contributed by atoms with E-state index in [9.17, 15) is 4.39 Å². The fourth-order valence-corrected chi connectivity index (χ4v) is 2.48. The van der Waals surface area contributed by atoms with Crippen molar-refractivity contribution >= 4 is 11.6 Å². The average molecular weight is 253 g/mol. The van der Waals surface area contributed by atoms with Crippen LogP contribution in [0.25, 0.3) is 0 Å². The molecule has 90 valence electrons. The van der Waals surface area contributed by atoms with Crippen molar-refractivity contribution in [3.05, 3.63) is 34.6 Å². The molecule has 0 aliphatic heterocycles. The highest BCUT2D eigenvalue weighted by Crippen LogP contribution is 2.25. The maximum Gasteiger partial charge on any atom is 0.146 e. The number of nitrogens with one attached hydrogen (secondary N) is 1. The van der Waals surface area contributed by atoms with Crippen molar-refractivity contribution in [2.75, 3.05) is 0 Å². The molecular weight excluding hydrogens is 239 g/mol. The van der Waals surface area contributed by atoms with E-state index >= 15 is 0 Å². The number of hydrogen-bond acceptors (Lipinski definition) is 2. The van der Waals surface area contributed by atoms with Crippen molar-refractivity contribution in [3.63, 3.8) is 0 Å². The normalized spacial score (nSPS) is 23.6. The van der Waals surface area contributed by atoms with Crippen LogP contribution in [0.15, 0.2) is 18.2 Å². The summed E-state index contributed by atoms with van der Waals surface area (Å²) < 4.78 is 13.6. The zero-order chi connectivity index (χ0) is 12.3. The predicted molar refractivity (Wildman–Crippen MR) is 65.0 cm³/mol. The van der Waals surface area contributed by atoms with Crippen molar-refractivity contribution in [2.45, 2.75) is 31.8 Å². The Bertz CT molecular complexity index is 442. The molecule has 2 nitrogen and oxygen atoms in total. The molecule has 2 rings (SSSR count). The number of hydrogen-bond donors (Lipinski definition) is 1. The van der Waals surface area contributed by atoms with Gasteiger partial charge in [0.05, 0.1) is 17.0 Å². The Labute approximate surface area is 105 Å². The second kappa shape index (κ2) is 5.48.